The Morgan fingerprint density at radius 3 is 2.85 bits per heavy atom. The van der Waals surface area contributed by atoms with E-state index in [0.29, 0.717) is 10.8 Å². The van der Waals surface area contributed by atoms with E-state index in [1.165, 1.54) is 18.0 Å². The van der Waals surface area contributed by atoms with Crippen LogP contribution in [0.2, 0.25) is 0 Å². The number of thioether (sulfide) groups is 1. The lowest BCUT2D eigenvalue weighted by atomic mass is 10.2. The third kappa shape index (κ3) is 3.94. The first-order valence-electron chi connectivity index (χ1n) is 5.81. The van der Waals surface area contributed by atoms with Gasteiger partial charge in [-0.2, -0.15) is 0 Å². The summed E-state index contributed by atoms with van der Waals surface area (Å²) in [5.41, 5.74) is 7.46. The number of benzene rings is 1. The number of aromatic nitrogens is 2. The van der Waals surface area contributed by atoms with Crippen molar-refractivity contribution >= 4 is 45.1 Å². The number of hydrogen-bond acceptors (Lipinski definition) is 5. The van der Waals surface area contributed by atoms with Crippen LogP contribution in [0.15, 0.2) is 40.1 Å². The molecule has 1 heterocycles. The van der Waals surface area contributed by atoms with Crippen LogP contribution in [-0.4, -0.2) is 21.6 Å². The van der Waals surface area contributed by atoms with Gasteiger partial charge in [-0.25, -0.2) is 9.97 Å². The molecule has 3 N–H and O–H groups in total. The Balaban J connectivity index is 1.94. The van der Waals surface area contributed by atoms with E-state index in [0.717, 1.165) is 15.7 Å². The minimum absolute atomic E-state index is 0.106. The number of nitrogens with two attached hydrogens (primary N) is 1. The van der Waals surface area contributed by atoms with Crippen LogP contribution >= 0.6 is 27.7 Å². The van der Waals surface area contributed by atoms with Gasteiger partial charge >= 0.3 is 0 Å². The van der Waals surface area contributed by atoms with Crippen LogP contribution in [0.25, 0.3) is 0 Å². The molecule has 0 aliphatic heterocycles. The van der Waals surface area contributed by atoms with E-state index in [-0.39, 0.29) is 11.7 Å². The Bertz CT molecular complexity index is 636. The van der Waals surface area contributed by atoms with Gasteiger partial charge in [0.1, 0.15) is 5.03 Å². The average Bonchev–Trinajstić information content (AvgIpc) is 2.41. The second kappa shape index (κ2) is 6.71. The first-order valence-corrected chi connectivity index (χ1v) is 7.59. The molecule has 0 fully saturated rings. The van der Waals surface area contributed by atoms with Crippen molar-refractivity contribution in [2.45, 2.75) is 11.9 Å². The Hall–Kier alpha value is -1.60. The maximum atomic E-state index is 11.9. The maximum Gasteiger partial charge on any atom is 0.234 e. The molecule has 2 aromatic rings. The summed E-state index contributed by atoms with van der Waals surface area (Å²) in [5.74, 6) is 0.467. The molecule has 7 heteroatoms. The number of anilines is 2. The lowest BCUT2D eigenvalue weighted by Crippen LogP contribution is -2.15. The van der Waals surface area contributed by atoms with Gasteiger partial charge in [0.2, 0.25) is 5.91 Å². The minimum Gasteiger partial charge on any atom is -0.381 e. The van der Waals surface area contributed by atoms with E-state index in [9.17, 15) is 4.79 Å². The highest BCUT2D eigenvalue weighted by atomic mass is 79.9. The Morgan fingerprint density at radius 1 is 1.40 bits per heavy atom. The molecule has 0 spiro atoms. The molecule has 0 radical (unpaired) electrons. The first-order chi connectivity index (χ1) is 9.56. The summed E-state index contributed by atoms with van der Waals surface area (Å²) < 4.78 is 0.981. The van der Waals surface area contributed by atoms with Crippen molar-refractivity contribution in [2.75, 3.05) is 16.8 Å². The molecule has 0 saturated heterocycles. The molecule has 1 aromatic carbocycles. The molecule has 1 amide bonds. The number of amides is 1. The van der Waals surface area contributed by atoms with Gasteiger partial charge in [0, 0.05) is 22.6 Å². The largest absolute Gasteiger partial charge is 0.381 e. The van der Waals surface area contributed by atoms with Gasteiger partial charge in [0.15, 0.2) is 5.82 Å². The summed E-state index contributed by atoms with van der Waals surface area (Å²) in [6.45, 7) is 1.94. The highest BCUT2D eigenvalue weighted by Crippen LogP contribution is 2.22. The summed E-state index contributed by atoms with van der Waals surface area (Å²) >= 11 is 4.65. The first kappa shape index (κ1) is 14.8. The number of nitrogens with one attached hydrogen (secondary N) is 1. The SMILES string of the molecule is Cc1cc(Br)ccc1NC(=O)CSc1nccnc1N. The molecule has 0 unspecified atom stereocenters. The Morgan fingerprint density at radius 2 is 2.15 bits per heavy atom. The van der Waals surface area contributed by atoms with Crippen molar-refractivity contribution in [3.05, 3.63) is 40.6 Å². The van der Waals surface area contributed by atoms with Gasteiger partial charge < -0.3 is 11.1 Å². The van der Waals surface area contributed by atoms with Crippen LogP contribution in [0.5, 0.6) is 0 Å². The van der Waals surface area contributed by atoms with E-state index in [1.807, 2.05) is 25.1 Å². The summed E-state index contributed by atoms with van der Waals surface area (Å²) in [6, 6.07) is 5.69. The minimum atomic E-state index is -0.106. The van der Waals surface area contributed by atoms with E-state index < -0.39 is 0 Å². The van der Waals surface area contributed by atoms with Gasteiger partial charge in [-0.05, 0) is 30.7 Å². The third-order valence-corrected chi connectivity index (χ3v) is 3.98. The van der Waals surface area contributed by atoms with Crippen LogP contribution in [0.1, 0.15) is 5.56 Å². The summed E-state index contributed by atoms with van der Waals surface area (Å²) in [5, 5.41) is 3.42. The molecule has 0 aliphatic rings. The van der Waals surface area contributed by atoms with Crippen LogP contribution in [-0.2, 0) is 4.79 Å². The van der Waals surface area contributed by atoms with Gasteiger partial charge in [-0.3, -0.25) is 4.79 Å². The second-order valence-corrected chi connectivity index (χ2v) is 5.92. The fourth-order valence-corrected chi connectivity index (χ4v) is 2.69. The molecule has 0 saturated carbocycles. The Labute approximate surface area is 129 Å². The fourth-order valence-electron chi connectivity index (χ4n) is 1.53. The standard InChI is InChI=1S/C13H13BrN4OS/c1-8-6-9(14)2-3-10(8)18-11(19)7-20-13-12(15)16-4-5-17-13/h2-6H,7H2,1H3,(H2,15,16)(H,18,19). The molecule has 20 heavy (non-hydrogen) atoms. The third-order valence-electron chi connectivity index (χ3n) is 2.49. The molecule has 104 valence electrons. The van der Waals surface area contributed by atoms with E-state index >= 15 is 0 Å². The van der Waals surface area contributed by atoms with Crippen molar-refractivity contribution in [3.8, 4) is 0 Å². The number of hydrogen-bond donors (Lipinski definition) is 2. The fraction of sp³-hybridized carbons (Fsp3) is 0.154. The molecule has 0 bridgehead atoms. The number of carbonyl (C=O) groups excluding carboxylic acids is 1. The van der Waals surface area contributed by atoms with Gasteiger partial charge in [0.25, 0.3) is 0 Å². The number of nitrogens with zero attached hydrogens (tertiary/aromatic N) is 2. The number of carbonyl (C=O) groups is 1. The Kier molecular flexibility index (Phi) is 4.97. The number of rotatable bonds is 4. The number of halogens is 1. The van der Waals surface area contributed by atoms with Gasteiger partial charge in [-0.1, -0.05) is 27.7 Å². The van der Waals surface area contributed by atoms with Crippen LogP contribution < -0.4 is 11.1 Å². The molecular formula is C13H13BrN4OS. The van der Waals surface area contributed by atoms with Crippen LogP contribution in [0.4, 0.5) is 11.5 Å². The lowest BCUT2D eigenvalue weighted by Gasteiger charge is -2.08. The zero-order valence-corrected chi connectivity index (χ0v) is 13.2. The highest BCUT2D eigenvalue weighted by Gasteiger charge is 2.08. The topological polar surface area (TPSA) is 80.9 Å². The normalized spacial score (nSPS) is 10.3. The molecule has 0 aliphatic carbocycles. The molecule has 1 aromatic heterocycles. The molecular weight excluding hydrogens is 340 g/mol. The molecule has 2 rings (SSSR count). The van der Waals surface area contributed by atoms with Crippen molar-refractivity contribution in [3.63, 3.8) is 0 Å². The maximum absolute atomic E-state index is 11.9. The average molecular weight is 353 g/mol. The quantitative estimate of drug-likeness (QED) is 0.826. The highest BCUT2D eigenvalue weighted by molar-refractivity contribution is 9.10. The second-order valence-electron chi connectivity index (χ2n) is 4.04. The van der Waals surface area contributed by atoms with Crippen molar-refractivity contribution in [1.82, 2.24) is 9.97 Å². The summed E-state index contributed by atoms with van der Waals surface area (Å²) in [4.78, 5) is 19.9. The van der Waals surface area contributed by atoms with Gasteiger partial charge in [-0.15, -0.1) is 0 Å². The van der Waals surface area contributed by atoms with Crippen molar-refractivity contribution in [2.24, 2.45) is 0 Å². The van der Waals surface area contributed by atoms with E-state index in [4.69, 9.17) is 5.73 Å². The predicted molar refractivity (Wildman–Crippen MR) is 84.7 cm³/mol. The van der Waals surface area contributed by atoms with Crippen molar-refractivity contribution in [1.29, 1.82) is 0 Å². The van der Waals surface area contributed by atoms with Gasteiger partial charge in [0.05, 0.1) is 5.75 Å². The van der Waals surface area contributed by atoms with Crippen LogP contribution in [0, 0.1) is 6.92 Å². The monoisotopic (exact) mass is 352 g/mol. The lowest BCUT2D eigenvalue weighted by molar-refractivity contribution is -0.113. The number of nitrogen functional groups attached to an aromatic ring is 1. The zero-order chi connectivity index (χ0) is 14.5. The zero-order valence-electron chi connectivity index (χ0n) is 10.8. The smallest absolute Gasteiger partial charge is 0.234 e. The van der Waals surface area contributed by atoms with Crippen molar-refractivity contribution < 1.29 is 4.79 Å². The van der Waals surface area contributed by atoms with E-state index in [1.54, 1.807) is 6.20 Å². The number of aryl methyl sites for hydroxylation is 1. The van der Waals surface area contributed by atoms with E-state index in [2.05, 4.69) is 31.2 Å². The molecule has 5 nitrogen and oxygen atoms in total. The molecule has 0 atom stereocenters. The van der Waals surface area contributed by atoms with Crippen LogP contribution in [0.3, 0.4) is 0 Å². The summed E-state index contributed by atoms with van der Waals surface area (Å²) in [6.07, 6.45) is 3.07. The predicted octanol–water partition coefficient (Wildman–Crippen LogP) is 2.86. The summed E-state index contributed by atoms with van der Waals surface area (Å²) in [7, 11) is 0.